The molecule has 6 nitrogen and oxygen atoms in total. The third kappa shape index (κ3) is 3.06. The summed E-state index contributed by atoms with van der Waals surface area (Å²) < 4.78 is 46.8. The van der Waals surface area contributed by atoms with Crippen molar-refractivity contribution in [2.24, 2.45) is 0 Å². The van der Waals surface area contributed by atoms with Crippen LogP contribution < -0.4 is 16.5 Å². The molecule has 0 bridgehead atoms. The highest BCUT2D eigenvalue weighted by Crippen LogP contribution is 2.29. The third-order valence-corrected chi connectivity index (χ3v) is 3.63. The SMILES string of the molecule is Nc1c(F)cc(F)c2oc(-c3ccc(NCC(=O)O)c(F)c3)cc(=O)c12. The lowest BCUT2D eigenvalue weighted by molar-refractivity contribution is -0.134. The van der Waals surface area contributed by atoms with E-state index in [-0.39, 0.29) is 17.0 Å². The number of benzene rings is 2. The molecule has 9 heteroatoms. The lowest BCUT2D eigenvalue weighted by Crippen LogP contribution is -2.13. The molecule has 0 spiro atoms. The zero-order valence-corrected chi connectivity index (χ0v) is 13.0. The molecule has 0 atom stereocenters. The zero-order chi connectivity index (χ0) is 19.0. The summed E-state index contributed by atoms with van der Waals surface area (Å²) in [5, 5.41) is 10.5. The topological polar surface area (TPSA) is 106 Å². The van der Waals surface area contributed by atoms with Crippen molar-refractivity contribution in [1.82, 2.24) is 0 Å². The number of carboxylic acid groups (broad SMARTS) is 1. The zero-order valence-electron chi connectivity index (χ0n) is 13.0. The molecule has 1 heterocycles. The predicted octanol–water partition coefficient (Wildman–Crippen LogP) is 2.96. The fourth-order valence-electron chi connectivity index (χ4n) is 2.42. The number of rotatable bonds is 4. The van der Waals surface area contributed by atoms with E-state index in [4.69, 9.17) is 15.3 Å². The van der Waals surface area contributed by atoms with Gasteiger partial charge in [0.15, 0.2) is 16.8 Å². The quantitative estimate of drug-likeness (QED) is 0.615. The largest absolute Gasteiger partial charge is 0.480 e. The minimum absolute atomic E-state index is 0.0724. The molecule has 0 unspecified atom stereocenters. The van der Waals surface area contributed by atoms with Gasteiger partial charge in [0.2, 0.25) is 0 Å². The Bertz CT molecular complexity index is 1100. The number of carboxylic acids is 1. The maximum atomic E-state index is 14.1. The van der Waals surface area contributed by atoms with E-state index in [0.29, 0.717) is 6.07 Å². The minimum Gasteiger partial charge on any atom is -0.480 e. The number of anilines is 2. The van der Waals surface area contributed by atoms with Crippen molar-refractivity contribution in [3.63, 3.8) is 0 Å². The van der Waals surface area contributed by atoms with E-state index >= 15 is 0 Å². The van der Waals surface area contributed by atoms with Crippen LogP contribution in [0, 0.1) is 17.5 Å². The van der Waals surface area contributed by atoms with Gasteiger partial charge in [-0.2, -0.15) is 0 Å². The number of hydrogen-bond acceptors (Lipinski definition) is 5. The monoisotopic (exact) mass is 364 g/mol. The van der Waals surface area contributed by atoms with Crippen LogP contribution in [0.1, 0.15) is 0 Å². The molecule has 134 valence electrons. The van der Waals surface area contributed by atoms with E-state index in [1.807, 2.05) is 0 Å². The van der Waals surface area contributed by atoms with Crippen molar-refractivity contribution in [1.29, 1.82) is 0 Å². The Hall–Kier alpha value is -3.49. The summed E-state index contributed by atoms with van der Waals surface area (Å²) in [7, 11) is 0. The normalized spacial score (nSPS) is 10.9. The molecule has 0 saturated heterocycles. The van der Waals surface area contributed by atoms with Gasteiger partial charge in [0.25, 0.3) is 0 Å². The molecular formula is C17H11F3N2O4. The van der Waals surface area contributed by atoms with Crippen molar-refractivity contribution in [2.45, 2.75) is 0 Å². The second-order valence-corrected chi connectivity index (χ2v) is 5.37. The fraction of sp³-hybridized carbons (Fsp3) is 0.0588. The van der Waals surface area contributed by atoms with Gasteiger partial charge in [-0.05, 0) is 18.2 Å². The fourth-order valence-corrected chi connectivity index (χ4v) is 2.42. The van der Waals surface area contributed by atoms with Crippen LogP contribution >= 0.6 is 0 Å². The number of fused-ring (bicyclic) bond motifs is 1. The van der Waals surface area contributed by atoms with Gasteiger partial charge < -0.3 is 20.6 Å². The first-order chi connectivity index (χ1) is 12.3. The molecule has 0 aliphatic rings. The van der Waals surface area contributed by atoms with Gasteiger partial charge in [-0.3, -0.25) is 9.59 Å². The van der Waals surface area contributed by atoms with Crippen LogP contribution in [0.2, 0.25) is 0 Å². The molecule has 3 aromatic rings. The summed E-state index contributed by atoms with van der Waals surface area (Å²) in [6.07, 6.45) is 0. The summed E-state index contributed by atoms with van der Waals surface area (Å²) in [6.45, 7) is -0.489. The average molecular weight is 364 g/mol. The highest BCUT2D eigenvalue weighted by Gasteiger charge is 2.17. The molecular weight excluding hydrogens is 353 g/mol. The molecule has 1 aromatic heterocycles. The van der Waals surface area contributed by atoms with E-state index < -0.39 is 52.1 Å². The number of hydrogen-bond donors (Lipinski definition) is 3. The molecule has 4 N–H and O–H groups in total. The first-order valence-corrected chi connectivity index (χ1v) is 7.25. The van der Waals surface area contributed by atoms with E-state index in [9.17, 15) is 22.8 Å². The molecule has 0 aliphatic carbocycles. The lowest BCUT2D eigenvalue weighted by Gasteiger charge is -2.09. The maximum absolute atomic E-state index is 14.1. The van der Waals surface area contributed by atoms with Gasteiger partial charge in [-0.15, -0.1) is 0 Å². The Balaban J connectivity index is 2.10. The summed E-state index contributed by atoms with van der Waals surface area (Å²) in [6, 6.07) is 5.01. The third-order valence-electron chi connectivity index (χ3n) is 3.63. The van der Waals surface area contributed by atoms with Crippen molar-refractivity contribution in [2.75, 3.05) is 17.6 Å². The molecule has 0 aliphatic heterocycles. The molecule has 0 radical (unpaired) electrons. The molecule has 0 saturated carbocycles. The predicted molar refractivity (Wildman–Crippen MR) is 88.3 cm³/mol. The average Bonchev–Trinajstić information content (AvgIpc) is 2.58. The Morgan fingerprint density at radius 1 is 1.12 bits per heavy atom. The Morgan fingerprint density at radius 2 is 1.85 bits per heavy atom. The lowest BCUT2D eigenvalue weighted by atomic mass is 10.1. The Labute approximate surface area is 143 Å². The van der Waals surface area contributed by atoms with Crippen LogP contribution in [-0.2, 0) is 4.79 Å². The number of halogens is 3. The van der Waals surface area contributed by atoms with Gasteiger partial charge in [0.1, 0.15) is 23.9 Å². The number of nitrogens with two attached hydrogens (primary N) is 1. The Kier molecular flexibility index (Phi) is 4.29. The summed E-state index contributed by atoms with van der Waals surface area (Å²) in [5.41, 5.74) is 3.62. The van der Waals surface area contributed by atoms with Crippen LogP contribution in [0.25, 0.3) is 22.3 Å². The highest BCUT2D eigenvalue weighted by atomic mass is 19.1. The minimum atomic E-state index is -1.17. The van der Waals surface area contributed by atoms with E-state index in [1.54, 1.807) is 0 Å². The number of carbonyl (C=O) groups is 1. The van der Waals surface area contributed by atoms with Gasteiger partial charge in [0.05, 0.1) is 16.8 Å². The van der Waals surface area contributed by atoms with E-state index in [0.717, 1.165) is 12.1 Å². The van der Waals surface area contributed by atoms with Gasteiger partial charge in [-0.1, -0.05) is 0 Å². The van der Waals surface area contributed by atoms with Gasteiger partial charge >= 0.3 is 5.97 Å². The smallest absolute Gasteiger partial charge is 0.322 e. The molecule has 0 fully saturated rings. The molecule has 0 amide bonds. The van der Waals surface area contributed by atoms with Crippen molar-refractivity contribution < 1.29 is 27.5 Å². The van der Waals surface area contributed by atoms with E-state index in [1.165, 1.54) is 12.1 Å². The second kappa shape index (κ2) is 6.43. The number of nitrogens with one attached hydrogen (secondary N) is 1. The van der Waals surface area contributed by atoms with Crippen LogP contribution in [-0.4, -0.2) is 17.6 Å². The van der Waals surface area contributed by atoms with Crippen molar-refractivity contribution in [3.8, 4) is 11.3 Å². The summed E-state index contributed by atoms with van der Waals surface area (Å²) in [5.74, 6) is -4.34. The standard InChI is InChI=1S/C17H11F3N2O4/c18-8-3-7(1-2-11(8)22-6-14(24)25)13-5-12(23)15-16(21)9(19)4-10(20)17(15)26-13/h1-5,22H,6,21H2,(H,24,25). The number of aliphatic carboxylic acids is 1. The first-order valence-electron chi connectivity index (χ1n) is 7.25. The van der Waals surface area contributed by atoms with Gasteiger partial charge in [-0.25, -0.2) is 13.2 Å². The molecule has 3 rings (SSSR count). The van der Waals surface area contributed by atoms with Crippen molar-refractivity contribution >= 4 is 28.3 Å². The maximum Gasteiger partial charge on any atom is 0.322 e. The molecule has 26 heavy (non-hydrogen) atoms. The van der Waals surface area contributed by atoms with Gasteiger partial charge in [0, 0.05) is 17.7 Å². The van der Waals surface area contributed by atoms with E-state index in [2.05, 4.69) is 5.32 Å². The Morgan fingerprint density at radius 3 is 2.50 bits per heavy atom. The van der Waals surface area contributed by atoms with Crippen molar-refractivity contribution in [3.05, 3.63) is 58.0 Å². The van der Waals surface area contributed by atoms with Crippen LogP contribution in [0.5, 0.6) is 0 Å². The summed E-state index contributed by atoms with van der Waals surface area (Å²) >= 11 is 0. The van der Waals surface area contributed by atoms with Crippen LogP contribution in [0.15, 0.2) is 39.5 Å². The molecule has 2 aromatic carbocycles. The summed E-state index contributed by atoms with van der Waals surface area (Å²) in [4.78, 5) is 22.7. The van der Waals surface area contributed by atoms with Crippen LogP contribution in [0.3, 0.4) is 0 Å². The first kappa shape index (κ1) is 17.3. The van der Waals surface area contributed by atoms with Crippen LogP contribution in [0.4, 0.5) is 24.5 Å². The second-order valence-electron chi connectivity index (χ2n) is 5.37. The highest BCUT2D eigenvalue weighted by molar-refractivity contribution is 5.90. The number of nitrogen functional groups attached to an aromatic ring is 1.